The lowest BCUT2D eigenvalue weighted by atomic mass is 10.1. The Morgan fingerprint density at radius 1 is 1.44 bits per heavy atom. The smallest absolute Gasteiger partial charge is 0.0674 e. The molecule has 94 valence electrons. The number of hydrogen-bond donors (Lipinski definition) is 1. The van der Waals surface area contributed by atoms with Gasteiger partial charge < -0.3 is 10.1 Å². The quantitative estimate of drug-likeness (QED) is 0.788. The van der Waals surface area contributed by atoms with Crippen LogP contribution in [0.4, 0.5) is 0 Å². The first kappa shape index (κ1) is 12.3. The Bertz CT molecular complexity index is 204. The van der Waals surface area contributed by atoms with Gasteiger partial charge in [0.05, 0.1) is 12.7 Å². The minimum atomic E-state index is 0.416. The molecular weight excluding hydrogens is 200 g/mol. The van der Waals surface area contributed by atoms with E-state index in [1.807, 2.05) is 0 Å². The van der Waals surface area contributed by atoms with Crippen LogP contribution in [0.15, 0.2) is 0 Å². The standard InChI is InChI=1S/C13H26N2O/c1-3-13-10-16-11(2)9-15(13)8-6-12-5-4-7-14-12/h11-14H,3-10H2,1-2H3. The first-order valence-corrected chi connectivity index (χ1v) is 6.88. The summed E-state index contributed by atoms with van der Waals surface area (Å²) in [6.07, 6.45) is 5.67. The van der Waals surface area contributed by atoms with Crippen molar-refractivity contribution in [3.8, 4) is 0 Å². The minimum absolute atomic E-state index is 0.416. The second-order valence-electron chi connectivity index (χ2n) is 5.28. The molecule has 3 nitrogen and oxygen atoms in total. The van der Waals surface area contributed by atoms with Crippen molar-refractivity contribution < 1.29 is 4.74 Å². The van der Waals surface area contributed by atoms with Gasteiger partial charge >= 0.3 is 0 Å². The summed E-state index contributed by atoms with van der Waals surface area (Å²) in [4.78, 5) is 2.63. The minimum Gasteiger partial charge on any atom is -0.376 e. The van der Waals surface area contributed by atoms with Crippen LogP contribution < -0.4 is 5.32 Å². The summed E-state index contributed by atoms with van der Waals surface area (Å²) < 4.78 is 5.73. The Balaban J connectivity index is 1.76. The van der Waals surface area contributed by atoms with E-state index in [2.05, 4.69) is 24.1 Å². The average Bonchev–Trinajstić information content (AvgIpc) is 2.79. The fourth-order valence-electron chi connectivity index (χ4n) is 2.89. The van der Waals surface area contributed by atoms with E-state index < -0.39 is 0 Å². The van der Waals surface area contributed by atoms with E-state index in [9.17, 15) is 0 Å². The van der Waals surface area contributed by atoms with E-state index in [0.29, 0.717) is 12.1 Å². The molecule has 0 aromatic rings. The third-order valence-electron chi connectivity index (χ3n) is 3.98. The predicted octanol–water partition coefficient (Wildman–Crippen LogP) is 1.63. The number of nitrogens with zero attached hydrogens (tertiary/aromatic N) is 1. The summed E-state index contributed by atoms with van der Waals surface area (Å²) >= 11 is 0. The third-order valence-corrected chi connectivity index (χ3v) is 3.98. The zero-order valence-corrected chi connectivity index (χ0v) is 10.7. The lowest BCUT2D eigenvalue weighted by Crippen LogP contribution is -2.49. The highest BCUT2D eigenvalue weighted by Gasteiger charge is 2.26. The molecule has 0 saturated carbocycles. The SMILES string of the molecule is CCC1COC(C)CN1CCC1CCCN1. The van der Waals surface area contributed by atoms with Crippen LogP contribution in [0.1, 0.15) is 39.5 Å². The topological polar surface area (TPSA) is 24.5 Å². The van der Waals surface area contributed by atoms with Gasteiger partial charge in [0.2, 0.25) is 0 Å². The molecule has 0 bridgehead atoms. The Kier molecular flexibility index (Phi) is 4.62. The molecule has 0 amide bonds. The van der Waals surface area contributed by atoms with Gasteiger partial charge in [-0.2, -0.15) is 0 Å². The summed E-state index contributed by atoms with van der Waals surface area (Å²) in [6, 6.07) is 1.42. The van der Waals surface area contributed by atoms with Crippen molar-refractivity contribution in [3.63, 3.8) is 0 Å². The van der Waals surface area contributed by atoms with Crippen LogP contribution in [0.3, 0.4) is 0 Å². The lowest BCUT2D eigenvalue weighted by Gasteiger charge is -2.38. The van der Waals surface area contributed by atoms with Crippen molar-refractivity contribution in [1.29, 1.82) is 0 Å². The Labute approximate surface area is 99.5 Å². The van der Waals surface area contributed by atoms with Crippen molar-refractivity contribution >= 4 is 0 Å². The zero-order valence-electron chi connectivity index (χ0n) is 10.7. The highest BCUT2D eigenvalue weighted by atomic mass is 16.5. The number of morpholine rings is 1. The number of nitrogens with one attached hydrogen (secondary N) is 1. The van der Waals surface area contributed by atoms with Gasteiger partial charge in [0.25, 0.3) is 0 Å². The molecular formula is C13H26N2O. The number of ether oxygens (including phenoxy) is 1. The van der Waals surface area contributed by atoms with Crippen LogP contribution in [0.5, 0.6) is 0 Å². The molecule has 3 heteroatoms. The maximum Gasteiger partial charge on any atom is 0.0674 e. The summed E-state index contributed by atoms with van der Waals surface area (Å²) in [7, 11) is 0. The fourth-order valence-corrected chi connectivity index (χ4v) is 2.89. The van der Waals surface area contributed by atoms with Gasteiger partial charge in [0, 0.05) is 25.2 Å². The second kappa shape index (κ2) is 5.99. The zero-order chi connectivity index (χ0) is 11.4. The van der Waals surface area contributed by atoms with Gasteiger partial charge in [-0.3, -0.25) is 4.90 Å². The molecule has 0 spiro atoms. The normalized spacial score (nSPS) is 36.8. The van der Waals surface area contributed by atoms with Crippen LogP contribution in [0.25, 0.3) is 0 Å². The Morgan fingerprint density at radius 3 is 3.00 bits per heavy atom. The van der Waals surface area contributed by atoms with Crippen molar-refractivity contribution in [3.05, 3.63) is 0 Å². The summed E-state index contributed by atoms with van der Waals surface area (Å²) in [5.74, 6) is 0. The van der Waals surface area contributed by atoms with Gasteiger partial charge in [0.15, 0.2) is 0 Å². The average molecular weight is 226 g/mol. The fraction of sp³-hybridized carbons (Fsp3) is 1.00. The van der Waals surface area contributed by atoms with E-state index in [-0.39, 0.29) is 0 Å². The molecule has 0 aromatic carbocycles. The second-order valence-corrected chi connectivity index (χ2v) is 5.28. The molecule has 3 atom stereocenters. The number of rotatable bonds is 4. The van der Waals surface area contributed by atoms with Crippen molar-refractivity contribution in [2.75, 3.05) is 26.2 Å². The molecule has 0 aliphatic carbocycles. The first-order chi connectivity index (χ1) is 7.79. The molecule has 16 heavy (non-hydrogen) atoms. The van der Waals surface area contributed by atoms with Gasteiger partial charge in [-0.15, -0.1) is 0 Å². The predicted molar refractivity (Wildman–Crippen MR) is 66.7 cm³/mol. The monoisotopic (exact) mass is 226 g/mol. The van der Waals surface area contributed by atoms with Gasteiger partial charge in [0.1, 0.15) is 0 Å². The van der Waals surface area contributed by atoms with E-state index in [1.165, 1.54) is 38.8 Å². The summed E-state index contributed by atoms with van der Waals surface area (Å²) in [5.41, 5.74) is 0. The molecule has 2 aliphatic heterocycles. The molecule has 2 aliphatic rings. The van der Waals surface area contributed by atoms with Crippen molar-refractivity contribution in [1.82, 2.24) is 10.2 Å². The van der Waals surface area contributed by atoms with Crippen molar-refractivity contribution in [2.45, 2.75) is 57.7 Å². The molecule has 0 aromatic heterocycles. The molecule has 1 N–H and O–H groups in total. The van der Waals surface area contributed by atoms with E-state index >= 15 is 0 Å². The summed E-state index contributed by atoms with van der Waals surface area (Å²) in [6.45, 7) is 8.96. The molecule has 2 fully saturated rings. The highest BCUT2D eigenvalue weighted by molar-refractivity contribution is 4.81. The maximum atomic E-state index is 5.73. The van der Waals surface area contributed by atoms with Gasteiger partial charge in [-0.1, -0.05) is 6.92 Å². The molecule has 3 unspecified atom stereocenters. The first-order valence-electron chi connectivity index (χ1n) is 6.88. The molecule has 2 heterocycles. The third kappa shape index (κ3) is 3.19. The molecule has 0 radical (unpaired) electrons. The molecule has 2 rings (SSSR count). The van der Waals surface area contributed by atoms with E-state index in [4.69, 9.17) is 4.74 Å². The Hall–Kier alpha value is -0.120. The maximum absolute atomic E-state index is 5.73. The highest BCUT2D eigenvalue weighted by Crippen LogP contribution is 2.17. The van der Waals surface area contributed by atoms with Gasteiger partial charge in [-0.05, 0) is 39.2 Å². The van der Waals surface area contributed by atoms with Gasteiger partial charge in [-0.25, -0.2) is 0 Å². The largest absolute Gasteiger partial charge is 0.376 e. The Morgan fingerprint density at radius 2 is 2.31 bits per heavy atom. The van der Waals surface area contributed by atoms with E-state index in [0.717, 1.165) is 19.2 Å². The summed E-state index contributed by atoms with van der Waals surface area (Å²) in [5, 5.41) is 3.58. The van der Waals surface area contributed by atoms with Crippen LogP contribution in [0, 0.1) is 0 Å². The van der Waals surface area contributed by atoms with Crippen LogP contribution in [0.2, 0.25) is 0 Å². The number of hydrogen-bond acceptors (Lipinski definition) is 3. The lowest BCUT2D eigenvalue weighted by molar-refractivity contribution is -0.0565. The van der Waals surface area contributed by atoms with Crippen molar-refractivity contribution in [2.24, 2.45) is 0 Å². The molecule has 2 saturated heterocycles. The van der Waals surface area contributed by atoms with Crippen LogP contribution >= 0.6 is 0 Å². The van der Waals surface area contributed by atoms with Crippen LogP contribution in [-0.4, -0.2) is 49.3 Å². The van der Waals surface area contributed by atoms with Crippen LogP contribution in [-0.2, 0) is 4.74 Å². The van der Waals surface area contributed by atoms with E-state index in [1.54, 1.807) is 0 Å².